The van der Waals surface area contributed by atoms with Gasteiger partial charge in [-0.2, -0.15) is 0 Å². The molecule has 2 unspecified atom stereocenters. The Morgan fingerprint density at radius 3 is 2.50 bits per heavy atom. The van der Waals surface area contributed by atoms with Gasteiger partial charge in [0.25, 0.3) is 0 Å². The maximum absolute atomic E-state index is 12.3. The highest BCUT2D eigenvalue weighted by Gasteiger charge is 2.29. The van der Waals surface area contributed by atoms with Crippen molar-refractivity contribution < 1.29 is 9.90 Å². The quantitative estimate of drug-likeness (QED) is 0.736. The molecule has 0 spiro atoms. The van der Waals surface area contributed by atoms with Crippen LogP contribution in [0.2, 0.25) is 0 Å². The molecule has 3 rings (SSSR count). The number of carbonyl (C=O) groups is 1. The number of piperidine rings is 2. The molecule has 0 aromatic heterocycles. The van der Waals surface area contributed by atoms with Crippen molar-refractivity contribution in [2.75, 3.05) is 45.8 Å². The summed E-state index contributed by atoms with van der Waals surface area (Å²) >= 11 is 0. The molecular weight excluding hydrogens is 302 g/mol. The molecule has 0 bridgehead atoms. The second-order valence-electron chi connectivity index (χ2n) is 8.42. The number of hydrogen-bond acceptors (Lipinski definition) is 4. The fourth-order valence-electron chi connectivity index (χ4n) is 4.05. The van der Waals surface area contributed by atoms with Crippen molar-refractivity contribution in [3.8, 4) is 0 Å². The van der Waals surface area contributed by atoms with Crippen molar-refractivity contribution in [3.63, 3.8) is 0 Å². The van der Waals surface area contributed by atoms with Crippen molar-refractivity contribution in [2.45, 2.75) is 51.6 Å². The molecular formula is C19H35N3O2. The zero-order valence-electron chi connectivity index (χ0n) is 15.3. The average Bonchev–Trinajstić information content (AvgIpc) is 3.39. The number of aliphatic hydroxyl groups is 1. The summed E-state index contributed by atoms with van der Waals surface area (Å²) < 4.78 is 0. The fourth-order valence-corrected chi connectivity index (χ4v) is 4.05. The Morgan fingerprint density at radius 2 is 1.79 bits per heavy atom. The first kappa shape index (κ1) is 18.2. The summed E-state index contributed by atoms with van der Waals surface area (Å²) in [5.41, 5.74) is 0. The number of nitrogens with one attached hydrogen (secondary N) is 1. The normalized spacial score (nSPS) is 28.7. The lowest BCUT2D eigenvalue weighted by Gasteiger charge is -2.36. The molecule has 0 aromatic rings. The van der Waals surface area contributed by atoms with Gasteiger partial charge in [0.05, 0.1) is 12.0 Å². The second-order valence-corrected chi connectivity index (χ2v) is 8.42. The lowest BCUT2D eigenvalue weighted by atomic mass is 9.96. The topological polar surface area (TPSA) is 55.8 Å². The number of nitrogens with zero attached hydrogens (tertiary/aromatic N) is 2. The lowest BCUT2D eigenvalue weighted by molar-refractivity contribution is -0.127. The number of aliphatic hydroxyl groups excluding tert-OH is 1. The van der Waals surface area contributed by atoms with Gasteiger partial charge in [-0.25, -0.2) is 0 Å². The van der Waals surface area contributed by atoms with Crippen LogP contribution in [0.15, 0.2) is 0 Å². The Hall–Kier alpha value is -0.650. The maximum Gasteiger partial charge on any atom is 0.224 e. The highest BCUT2D eigenvalue weighted by Crippen LogP contribution is 2.28. The van der Waals surface area contributed by atoms with E-state index in [2.05, 4.69) is 22.0 Å². The summed E-state index contributed by atoms with van der Waals surface area (Å²) in [6, 6.07) is 0. The van der Waals surface area contributed by atoms with E-state index in [0.717, 1.165) is 63.9 Å². The van der Waals surface area contributed by atoms with Gasteiger partial charge in [0.1, 0.15) is 0 Å². The van der Waals surface area contributed by atoms with Gasteiger partial charge in [0, 0.05) is 26.2 Å². The van der Waals surface area contributed by atoms with Crippen LogP contribution in [0.1, 0.15) is 45.4 Å². The highest BCUT2D eigenvalue weighted by atomic mass is 16.3. The molecule has 2 saturated heterocycles. The van der Waals surface area contributed by atoms with Gasteiger partial charge in [-0.3, -0.25) is 9.69 Å². The molecule has 1 aliphatic carbocycles. The van der Waals surface area contributed by atoms with Crippen LogP contribution in [0.3, 0.4) is 0 Å². The van der Waals surface area contributed by atoms with Crippen LogP contribution in [0, 0.1) is 17.8 Å². The molecule has 5 heteroatoms. The lowest BCUT2D eigenvalue weighted by Crippen LogP contribution is -2.48. The minimum absolute atomic E-state index is 0.112. The summed E-state index contributed by atoms with van der Waals surface area (Å²) in [6.07, 6.45) is 6.81. The Kier molecular flexibility index (Phi) is 6.53. The fraction of sp³-hybridized carbons (Fsp3) is 0.947. The largest absolute Gasteiger partial charge is 0.390 e. The smallest absolute Gasteiger partial charge is 0.224 e. The molecule has 1 saturated carbocycles. The minimum Gasteiger partial charge on any atom is -0.390 e. The molecule has 3 aliphatic rings. The summed E-state index contributed by atoms with van der Waals surface area (Å²) in [6.45, 7) is 8.72. The van der Waals surface area contributed by atoms with Gasteiger partial charge >= 0.3 is 0 Å². The maximum atomic E-state index is 12.3. The van der Waals surface area contributed by atoms with E-state index in [-0.39, 0.29) is 17.9 Å². The first-order chi connectivity index (χ1) is 11.6. The third kappa shape index (κ3) is 5.71. The van der Waals surface area contributed by atoms with Gasteiger partial charge < -0.3 is 15.3 Å². The molecule has 24 heavy (non-hydrogen) atoms. The van der Waals surface area contributed by atoms with Crippen LogP contribution in [-0.2, 0) is 4.79 Å². The molecule has 3 fully saturated rings. The Balaban J connectivity index is 1.36. The van der Waals surface area contributed by atoms with Crippen LogP contribution < -0.4 is 5.32 Å². The van der Waals surface area contributed by atoms with Crippen molar-refractivity contribution >= 4 is 5.91 Å². The SMILES string of the molecule is CC1CCN(CC(O)CN2CCCC(C(=O)NCC3CC3)C2)CC1. The first-order valence-electron chi connectivity index (χ1n) is 10.0. The summed E-state index contributed by atoms with van der Waals surface area (Å²) in [5.74, 6) is 1.91. The average molecular weight is 338 g/mol. The van der Waals surface area contributed by atoms with E-state index in [1.54, 1.807) is 0 Å². The van der Waals surface area contributed by atoms with E-state index < -0.39 is 0 Å². The molecule has 0 radical (unpaired) electrons. The van der Waals surface area contributed by atoms with Crippen molar-refractivity contribution in [2.24, 2.45) is 17.8 Å². The molecule has 5 nitrogen and oxygen atoms in total. The molecule has 138 valence electrons. The zero-order chi connectivity index (χ0) is 16.9. The van der Waals surface area contributed by atoms with Crippen LogP contribution in [-0.4, -0.2) is 72.7 Å². The highest BCUT2D eigenvalue weighted by molar-refractivity contribution is 5.79. The third-order valence-corrected chi connectivity index (χ3v) is 5.95. The van der Waals surface area contributed by atoms with Crippen LogP contribution in [0.5, 0.6) is 0 Å². The van der Waals surface area contributed by atoms with E-state index >= 15 is 0 Å². The van der Waals surface area contributed by atoms with Gasteiger partial charge in [-0.1, -0.05) is 6.92 Å². The zero-order valence-corrected chi connectivity index (χ0v) is 15.3. The first-order valence-corrected chi connectivity index (χ1v) is 10.0. The predicted molar refractivity (Wildman–Crippen MR) is 95.7 cm³/mol. The van der Waals surface area contributed by atoms with Crippen LogP contribution in [0.25, 0.3) is 0 Å². The Labute approximate surface area is 146 Å². The summed E-state index contributed by atoms with van der Waals surface area (Å²) in [5, 5.41) is 13.6. The molecule has 1 amide bonds. The van der Waals surface area contributed by atoms with Crippen LogP contribution in [0.4, 0.5) is 0 Å². The third-order valence-electron chi connectivity index (χ3n) is 5.95. The van der Waals surface area contributed by atoms with Gasteiger partial charge in [0.15, 0.2) is 0 Å². The molecule has 2 N–H and O–H groups in total. The molecule has 0 aromatic carbocycles. The number of hydrogen-bond donors (Lipinski definition) is 2. The number of carbonyl (C=O) groups excluding carboxylic acids is 1. The van der Waals surface area contributed by atoms with E-state index in [1.807, 2.05) is 0 Å². The monoisotopic (exact) mass is 337 g/mol. The van der Waals surface area contributed by atoms with E-state index in [0.29, 0.717) is 6.54 Å². The Bertz CT molecular complexity index is 405. The number of amides is 1. The van der Waals surface area contributed by atoms with Crippen molar-refractivity contribution in [1.82, 2.24) is 15.1 Å². The minimum atomic E-state index is -0.299. The van der Waals surface area contributed by atoms with Crippen LogP contribution >= 0.6 is 0 Å². The van der Waals surface area contributed by atoms with E-state index in [9.17, 15) is 9.90 Å². The number of β-amino-alcohol motifs (C(OH)–C–C–N with tert-alkyl or cyclic N) is 1. The molecule has 2 aliphatic heterocycles. The van der Waals surface area contributed by atoms with E-state index in [4.69, 9.17) is 0 Å². The van der Waals surface area contributed by atoms with E-state index in [1.165, 1.54) is 25.7 Å². The Morgan fingerprint density at radius 1 is 1.08 bits per heavy atom. The van der Waals surface area contributed by atoms with Gasteiger partial charge in [0.2, 0.25) is 5.91 Å². The number of rotatable bonds is 7. The van der Waals surface area contributed by atoms with Crippen molar-refractivity contribution in [3.05, 3.63) is 0 Å². The summed E-state index contributed by atoms with van der Waals surface area (Å²) in [4.78, 5) is 17.0. The summed E-state index contributed by atoms with van der Waals surface area (Å²) in [7, 11) is 0. The van der Waals surface area contributed by atoms with Gasteiger partial charge in [-0.15, -0.1) is 0 Å². The standard InChI is InChI=1S/C19H35N3O2/c1-15-6-9-21(10-7-15)13-18(23)14-22-8-2-3-17(12-22)19(24)20-11-16-4-5-16/h15-18,23H,2-14H2,1H3,(H,20,24). The van der Waals surface area contributed by atoms with Gasteiger partial charge in [-0.05, 0) is 70.0 Å². The number of likely N-dealkylation sites (tertiary alicyclic amines) is 2. The molecule has 2 heterocycles. The molecule has 2 atom stereocenters. The van der Waals surface area contributed by atoms with Crippen molar-refractivity contribution in [1.29, 1.82) is 0 Å². The predicted octanol–water partition coefficient (Wildman–Crippen LogP) is 1.32. The second kappa shape index (κ2) is 8.63.